The Balaban J connectivity index is 1.19. The van der Waals surface area contributed by atoms with Crippen molar-refractivity contribution in [2.24, 2.45) is 35.3 Å². The molecule has 0 bridgehead atoms. The summed E-state index contributed by atoms with van der Waals surface area (Å²) in [7, 11) is 3.33. The molecule has 8 N–H and O–H groups in total. The van der Waals surface area contributed by atoms with Crippen LogP contribution in [0.15, 0.2) is 0 Å². The van der Waals surface area contributed by atoms with E-state index in [1.165, 1.54) is 0 Å². The fraction of sp³-hybridized carbons (Fsp3) is 1.00. The van der Waals surface area contributed by atoms with Crippen LogP contribution >= 0.6 is 0 Å². The summed E-state index contributed by atoms with van der Waals surface area (Å²) in [6.07, 6.45) is 8.56. The Morgan fingerprint density at radius 3 is 2.37 bits per heavy atom. The van der Waals surface area contributed by atoms with E-state index in [1.807, 2.05) is 0 Å². The van der Waals surface area contributed by atoms with E-state index in [9.17, 15) is 20.4 Å². The Morgan fingerprint density at radius 1 is 0.848 bits per heavy atom. The standard InChI is InChI=1S/C35H65N3O8/c1-20-10-24(18-39)27(11-22-8-9-37-34(36)13-22)28(38-20)19-45-33-15-23(14-32(44-3)35(33)42)30-17-25(40)16-26(46-30)6-4-21-5-7-29(41)31(12-21)43-2/h20-35,37-42H,4-19,36H2,1-3H3. The summed E-state index contributed by atoms with van der Waals surface area (Å²) in [4.78, 5) is 0. The highest BCUT2D eigenvalue weighted by atomic mass is 16.5. The fourth-order valence-corrected chi connectivity index (χ4v) is 9.68. The number of hydrogen-bond donors (Lipinski definition) is 7. The van der Waals surface area contributed by atoms with Crippen molar-refractivity contribution in [2.45, 2.75) is 157 Å². The third-order valence-electron chi connectivity index (χ3n) is 12.3. The largest absolute Gasteiger partial charge is 0.396 e. The quantitative estimate of drug-likeness (QED) is 0.163. The predicted molar refractivity (Wildman–Crippen MR) is 175 cm³/mol. The second kappa shape index (κ2) is 17.5. The molecule has 0 aromatic carbocycles. The minimum atomic E-state index is -0.739. The summed E-state index contributed by atoms with van der Waals surface area (Å²) >= 11 is 0. The van der Waals surface area contributed by atoms with Crippen molar-refractivity contribution in [3.63, 3.8) is 0 Å². The summed E-state index contributed by atoms with van der Waals surface area (Å²) in [5.41, 5.74) is 6.23. The first-order valence-corrected chi connectivity index (χ1v) is 18.4. The number of nitrogens with one attached hydrogen (secondary N) is 2. The first-order valence-electron chi connectivity index (χ1n) is 18.4. The molecule has 2 aliphatic carbocycles. The Kier molecular flexibility index (Phi) is 14.0. The minimum Gasteiger partial charge on any atom is -0.396 e. The first kappa shape index (κ1) is 36.8. The Bertz CT molecular complexity index is 904. The lowest BCUT2D eigenvalue weighted by atomic mass is 9.72. The van der Waals surface area contributed by atoms with E-state index in [0.717, 1.165) is 64.3 Å². The van der Waals surface area contributed by atoms with Crippen LogP contribution in [0.4, 0.5) is 0 Å². The molecule has 11 heteroatoms. The van der Waals surface area contributed by atoms with E-state index < -0.39 is 18.3 Å². The zero-order valence-electron chi connectivity index (χ0n) is 28.6. The number of rotatable bonds is 12. The molecule has 0 aromatic heterocycles. The molecule has 2 saturated carbocycles. The van der Waals surface area contributed by atoms with Crippen molar-refractivity contribution in [1.29, 1.82) is 0 Å². The van der Waals surface area contributed by atoms with Crippen molar-refractivity contribution in [3.05, 3.63) is 0 Å². The van der Waals surface area contributed by atoms with E-state index in [4.69, 9.17) is 24.7 Å². The third-order valence-corrected chi connectivity index (χ3v) is 12.3. The van der Waals surface area contributed by atoms with Gasteiger partial charge in [-0.15, -0.1) is 0 Å². The zero-order valence-corrected chi connectivity index (χ0v) is 28.6. The van der Waals surface area contributed by atoms with E-state index in [-0.39, 0.29) is 73.1 Å². The second-order valence-electron chi connectivity index (χ2n) is 15.6. The van der Waals surface area contributed by atoms with Gasteiger partial charge in [-0.05, 0) is 127 Å². The number of piperidine rings is 2. The highest BCUT2D eigenvalue weighted by Gasteiger charge is 2.45. The molecule has 3 heterocycles. The van der Waals surface area contributed by atoms with Crippen LogP contribution in [0.1, 0.15) is 90.4 Å². The summed E-state index contributed by atoms with van der Waals surface area (Å²) in [6.45, 7) is 3.73. The molecule has 5 rings (SSSR count). The normalized spacial score (nSPS) is 47.5. The molecular formula is C35H65N3O8. The SMILES string of the molecule is COC1CC(CCC2CC(O)CC(C3CC(OC)C(O)C(OCC4NC(C)CC(CO)C4CC4CCNC(N)C4)C3)O2)CCC1O. The van der Waals surface area contributed by atoms with Crippen molar-refractivity contribution in [3.8, 4) is 0 Å². The number of hydrogen-bond acceptors (Lipinski definition) is 11. The summed E-state index contributed by atoms with van der Waals surface area (Å²) in [5, 5.41) is 49.9. The van der Waals surface area contributed by atoms with Gasteiger partial charge in [0.15, 0.2) is 0 Å². The number of aliphatic hydroxyl groups is 4. The van der Waals surface area contributed by atoms with Gasteiger partial charge in [0.25, 0.3) is 0 Å². The van der Waals surface area contributed by atoms with E-state index in [1.54, 1.807) is 14.2 Å². The molecule has 0 spiro atoms. The smallest absolute Gasteiger partial charge is 0.106 e. The Hall–Kier alpha value is -0.440. The maximum absolute atomic E-state index is 11.3. The lowest BCUT2D eigenvalue weighted by Gasteiger charge is -2.46. The molecule has 0 amide bonds. The molecular weight excluding hydrogens is 590 g/mol. The summed E-state index contributed by atoms with van der Waals surface area (Å²) in [6, 6.07) is 0.359. The number of methoxy groups -OCH3 is 2. The van der Waals surface area contributed by atoms with Crippen molar-refractivity contribution in [1.82, 2.24) is 10.6 Å². The van der Waals surface area contributed by atoms with E-state index in [0.29, 0.717) is 44.1 Å². The van der Waals surface area contributed by atoms with Crippen LogP contribution in [0.25, 0.3) is 0 Å². The number of aliphatic hydroxyl groups excluding tert-OH is 4. The maximum Gasteiger partial charge on any atom is 0.106 e. The molecule has 46 heavy (non-hydrogen) atoms. The first-order chi connectivity index (χ1) is 22.2. The second-order valence-corrected chi connectivity index (χ2v) is 15.6. The van der Waals surface area contributed by atoms with Gasteiger partial charge in [0, 0.05) is 32.9 Å². The number of nitrogens with two attached hydrogens (primary N) is 1. The Morgan fingerprint density at radius 2 is 1.63 bits per heavy atom. The average Bonchev–Trinajstić information content (AvgIpc) is 3.04. The van der Waals surface area contributed by atoms with Crippen LogP contribution in [0, 0.1) is 29.6 Å². The lowest BCUT2D eigenvalue weighted by Crippen LogP contribution is -2.56. The molecule has 5 fully saturated rings. The monoisotopic (exact) mass is 655 g/mol. The molecule has 3 saturated heterocycles. The van der Waals surface area contributed by atoms with Crippen LogP contribution in [0.3, 0.4) is 0 Å². The average molecular weight is 656 g/mol. The zero-order chi connectivity index (χ0) is 32.8. The van der Waals surface area contributed by atoms with Gasteiger partial charge in [-0.25, -0.2) is 0 Å². The molecule has 0 aromatic rings. The summed E-state index contributed by atoms with van der Waals surface area (Å²) < 4.78 is 24.6. The van der Waals surface area contributed by atoms with Gasteiger partial charge in [-0.2, -0.15) is 0 Å². The molecule has 11 nitrogen and oxygen atoms in total. The fourth-order valence-electron chi connectivity index (χ4n) is 9.68. The van der Waals surface area contributed by atoms with Gasteiger partial charge in [-0.1, -0.05) is 0 Å². The number of ether oxygens (including phenoxy) is 4. The van der Waals surface area contributed by atoms with E-state index in [2.05, 4.69) is 17.6 Å². The van der Waals surface area contributed by atoms with Crippen LogP contribution in [-0.4, -0.2) is 121 Å². The highest BCUT2D eigenvalue weighted by Crippen LogP contribution is 2.40. The van der Waals surface area contributed by atoms with Gasteiger partial charge in [0.05, 0.1) is 55.5 Å². The van der Waals surface area contributed by atoms with Gasteiger partial charge < -0.3 is 55.7 Å². The molecule has 16 unspecified atom stereocenters. The highest BCUT2D eigenvalue weighted by molar-refractivity contribution is 4.96. The minimum absolute atomic E-state index is 0.0130. The van der Waals surface area contributed by atoms with Gasteiger partial charge in [-0.3, -0.25) is 0 Å². The van der Waals surface area contributed by atoms with Gasteiger partial charge in [0.2, 0.25) is 0 Å². The van der Waals surface area contributed by atoms with Crippen molar-refractivity contribution in [2.75, 3.05) is 34.0 Å². The van der Waals surface area contributed by atoms with Crippen molar-refractivity contribution < 1.29 is 39.4 Å². The third kappa shape index (κ3) is 9.62. The molecule has 268 valence electrons. The molecule has 0 radical (unpaired) electrons. The van der Waals surface area contributed by atoms with Crippen LogP contribution in [-0.2, 0) is 18.9 Å². The van der Waals surface area contributed by atoms with Crippen LogP contribution in [0.5, 0.6) is 0 Å². The molecule has 16 atom stereocenters. The Labute approximate surface area is 276 Å². The predicted octanol–water partition coefficient (Wildman–Crippen LogP) is 1.67. The summed E-state index contributed by atoms with van der Waals surface area (Å²) in [5.74, 6) is 1.60. The van der Waals surface area contributed by atoms with E-state index >= 15 is 0 Å². The molecule has 5 aliphatic rings. The lowest BCUT2D eigenvalue weighted by molar-refractivity contribution is -0.179. The maximum atomic E-state index is 11.3. The van der Waals surface area contributed by atoms with Crippen LogP contribution in [0.2, 0.25) is 0 Å². The van der Waals surface area contributed by atoms with Gasteiger partial charge in [0.1, 0.15) is 6.10 Å². The van der Waals surface area contributed by atoms with Crippen molar-refractivity contribution >= 4 is 0 Å². The topological polar surface area (TPSA) is 168 Å². The molecule has 3 aliphatic heterocycles. The van der Waals surface area contributed by atoms with Gasteiger partial charge >= 0.3 is 0 Å². The van der Waals surface area contributed by atoms with Crippen LogP contribution < -0.4 is 16.4 Å².